The number of pyridine rings is 1. The first kappa shape index (κ1) is 14.0. The second-order valence-corrected chi connectivity index (χ2v) is 5.04. The van der Waals surface area contributed by atoms with Gasteiger partial charge in [0, 0.05) is 24.2 Å². The Morgan fingerprint density at radius 3 is 2.89 bits per heavy atom. The Labute approximate surface area is 115 Å². The summed E-state index contributed by atoms with van der Waals surface area (Å²) in [5, 5.41) is 1.18. The minimum absolute atomic E-state index is 0.288. The maximum absolute atomic E-state index is 5.96. The molecule has 0 aliphatic rings. The number of aromatic nitrogens is 1. The van der Waals surface area contributed by atoms with Crippen molar-refractivity contribution < 1.29 is 0 Å². The van der Waals surface area contributed by atoms with Gasteiger partial charge in [0.05, 0.1) is 5.52 Å². The van der Waals surface area contributed by atoms with E-state index in [-0.39, 0.29) is 6.04 Å². The van der Waals surface area contributed by atoms with E-state index in [1.165, 1.54) is 23.8 Å². The number of nitrogens with two attached hydrogens (primary N) is 1. The smallest absolute Gasteiger partial charge is 0.0702 e. The minimum Gasteiger partial charge on any atom is -0.329 e. The van der Waals surface area contributed by atoms with Crippen LogP contribution in [0.25, 0.3) is 10.9 Å². The number of likely N-dealkylation sites (N-methyl/N-ethyl adjacent to an activating group) is 1. The summed E-state index contributed by atoms with van der Waals surface area (Å²) in [5.74, 6) is 0. The summed E-state index contributed by atoms with van der Waals surface area (Å²) in [6.45, 7) is 3.95. The topological polar surface area (TPSA) is 42.1 Å². The lowest BCUT2D eigenvalue weighted by Crippen LogP contribution is -2.31. The van der Waals surface area contributed by atoms with E-state index in [1.54, 1.807) is 0 Å². The van der Waals surface area contributed by atoms with Crippen molar-refractivity contribution in [2.75, 3.05) is 20.1 Å². The molecule has 0 spiro atoms. The highest BCUT2D eigenvalue weighted by Gasteiger charge is 2.15. The number of hydrogen-bond donors (Lipinski definition) is 1. The zero-order valence-corrected chi connectivity index (χ0v) is 11.8. The number of hydrogen-bond acceptors (Lipinski definition) is 3. The van der Waals surface area contributed by atoms with Gasteiger partial charge in [0.15, 0.2) is 0 Å². The summed E-state index contributed by atoms with van der Waals surface area (Å²) in [6.07, 6.45) is 4.25. The van der Waals surface area contributed by atoms with Gasteiger partial charge in [-0.15, -0.1) is 0 Å². The molecule has 0 saturated carbocycles. The van der Waals surface area contributed by atoms with Gasteiger partial charge in [-0.2, -0.15) is 0 Å². The van der Waals surface area contributed by atoms with Crippen molar-refractivity contribution in [3.8, 4) is 0 Å². The molecule has 1 aromatic carbocycles. The van der Waals surface area contributed by atoms with Crippen LogP contribution in [0.5, 0.6) is 0 Å². The van der Waals surface area contributed by atoms with Crippen molar-refractivity contribution in [3.05, 3.63) is 42.1 Å². The van der Waals surface area contributed by atoms with Crippen molar-refractivity contribution in [2.24, 2.45) is 5.73 Å². The molecule has 0 aliphatic heterocycles. The Morgan fingerprint density at radius 1 is 1.32 bits per heavy atom. The first-order chi connectivity index (χ1) is 9.26. The Morgan fingerprint density at radius 2 is 2.16 bits per heavy atom. The fourth-order valence-corrected chi connectivity index (χ4v) is 2.44. The van der Waals surface area contributed by atoms with Crippen molar-refractivity contribution in [1.82, 2.24) is 9.88 Å². The number of nitrogens with zero attached hydrogens (tertiary/aromatic N) is 2. The number of fused-ring (bicyclic) bond motifs is 1. The van der Waals surface area contributed by atoms with Crippen molar-refractivity contribution in [1.29, 1.82) is 0 Å². The van der Waals surface area contributed by atoms with Gasteiger partial charge in [0.1, 0.15) is 0 Å². The van der Waals surface area contributed by atoms with Crippen LogP contribution in [0.15, 0.2) is 36.5 Å². The minimum atomic E-state index is 0.288. The third-order valence-electron chi connectivity index (χ3n) is 3.63. The molecule has 0 fully saturated rings. The lowest BCUT2D eigenvalue weighted by atomic mass is 10.0. The molecule has 0 radical (unpaired) electrons. The fraction of sp³-hybridized carbons (Fsp3) is 0.438. The van der Waals surface area contributed by atoms with Crippen LogP contribution in [0, 0.1) is 0 Å². The van der Waals surface area contributed by atoms with E-state index < -0.39 is 0 Å². The maximum Gasteiger partial charge on any atom is 0.0702 e. The second-order valence-electron chi connectivity index (χ2n) is 5.04. The van der Waals surface area contributed by atoms with Crippen LogP contribution in [-0.2, 0) is 0 Å². The molecule has 0 amide bonds. The second kappa shape index (κ2) is 6.64. The molecular formula is C16H23N3. The maximum atomic E-state index is 5.96. The molecule has 2 aromatic rings. The number of benzene rings is 1. The predicted molar refractivity (Wildman–Crippen MR) is 81.1 cm³/mol. The van der Waals surface area contributed by atoms with Crippen LogP contribution in [0.1, 0.15) is 31.4 Å². The fourth-order valence-electron chi connectivity index (χ4n) is 2.44. The molecule has 102 valence electrons. The van der Waals surface area contributed by atoms with Crippen molar-refractivity contribution >= 4 is 10.9 Å². The molecule has 1 aromatic heterocycles. The summed E-state index contributed by atoms with van der Waals surface area (Å²) in [7, 11) is 2.15. The molecule has 2 rings (SSSR count). The molecule has 0 aliphatic carbocycles. The Kier molecular flexibility index (Phi) is 4.88. The highest BCUT2D eigenvalue weighted by molar-refractivity contribution is 5.79. The molecule has 1 atom stereocenters. The third kappa shape index (κ3) is 3.31. The van der Waals surface area contributed by atoms with Gasteiger partial charge < -0.3 is 5.73 Å². The van der Waals surface area contributed by atoms with Crippen LogP contribution < -0.4 is 5.73 Å². The van der Waals surface area contributed by atoms with E-state index >= 15 is 0 Å². The monoisotopic (exact) mass is 257 g/mol. The first-order valence-corrected chi connectivity index (χ1v) is 7.01. The average molecular weight is 257 g/mol. The van der Waals surface area contributed by atoms with E-state index in [0.29, 0.717) is 6.54 Å². The van der Waals surface area contributed by atoms with Gasteiger partial charge >= 0.3 is 0 Å². The number of rotatable bonds is 6. The van der Waals surface area contributed by atoms with Gasteiger partial charge in [-0.1, -0.05) is 25.5 Å². The molecule has 3 nitrogen and oxygen atoms in total. The van der Waals surface area contributed by atoms with Gasteiger partial charge in [-0.05, 0) is 43.8 Å². The Hall–Kier alpha value is -1.45. The Bertz CT molecular complexity index is 524. The van der Waals surface area contributed by atoms with Gasteiger partial charge in [-0.3, -0.25) is 9.88 Å². The molecule has 1 unspecified atom stereocenters. The lowest BCUT2D eigenvalue weighted by Gasteiger charge is -2.27. The zero-order chi connectivity index (χ0) is 13.7. The summed E-state index contributed by atoms with van der Waals surface area (Å²) in [4.78, 5) is 6.71. The highest BCUT2D eigenvalue weighted by Crippen LogP contribution is 2.22. The summed E-state index contributed by atoms with van der Waals surface area (Å²) in [6, 6.07) is 10.8. The standard InChI is InChI=1S/C16H23N3/c1-3-4-10-19(2)16(12-17)14-7-8-15-13(11-14)6-5-9-18-15/h5-9,11,16H,3-4,10,12,17H2,1-2H3. The molecular weight excluding hydrogens is 234 g/mol. The normalized spacial score (nSPS) is 13.1. The van der Waals surface area contributed by atoms with Gasteiger partial charge in [-0.25, -0.2) is 0 Å². The zero-order valence-electron chi connectivity index (χ0n) is 11.8. The average Bonchev–Trinajstić information content (AvgIpc) is 2.45. The molecule has 3 heteroatoms. The van der Waals surface area contributed by atoms with Crippen LogP contribution in [-0.4, -0.2) is 30.0 Å². The van der Waals surface area contributed by atoms with Crippen LogP contribution in [0.4, 0.5) is 0 Å². The summed E-state index contributed by atoms with van der Waals surface area (Å²) < 4.78 is 0. The van der Waals surface area contributed by atoms with Gasteiger partial charge in [0.2, 0.25) is 0 Å². The van der Waals surface area contributed by atoms with Crippen LogP contribution in [0.2, 0.25) is 0 Å². The number of unbranched alkanes of at least 4 members (excludes halogenated alkanes) is 1. The summed E-state index contributed by atoms with van der Waals surface area (Å²) >= 11 is 0. The molecule has 1 heterocycles. The van der Waals surface area contributed by atoms with E-state index in [0.717, 1.165) is 12.1 Å². The molecule has 0 saturated heterocycles. The predicted octanol–water partition coefficient (Wildman–Crippen LogP) is 2.97. The van der Waals surface area contributed by atoms with Crippen molar-refractivity contribution in [3.63, 3.8) is 0 Å². The Balaban J connectivity index is 2.24. The van der Waals surface area contributed by atoms with Crippen LogP contribution >= 0.6 is 0 Å². The van der Waals surface area contributed by atoms with Crippen molar-refractivity contribution in [2.45, 2.75) is 25.8 Å². The largest absolute Gasteiger partial charge is 0.329 e. The highest BCUT2D eigenvalue weighted by atomic mass is 15.1. The van der Waals surface area contributed by atoms with Crippen LogP contribution in [0.3, 0.4) is 0 Å². The first-order valence-electron chi connectivity index (χ1n) is 7.01. The SMILES string of the molecule is CCCCN(C)C(CN)c1ccc2ncccc2c1. The van der Waals surface area contributed by atoms with E-state index in [2.05, 4.69) is 48.1 Å². The lowest BCUT2D eigenvalue weighted by molar-refractivity contribution is 0.246. The quantitative estimate of drug-likeness (QED) is 0.865. The van der Waals surface area contributed by atoms with E-state index in [9.17, 15) is 0 Å². The third-order valence-corrected chi connectivity index (χ3v) is 3.63. The van der Waals surface area contributed by atoms with E-state index in [1.807, 2.05) is 12.3 Å². The molecule has 0 bridgehead atoms. The molecule has 19 heavy (non-hydrogen) atoms. The summed E-state index contributed by atoms with van der Waals surface area (Å²) in [5.41, 5.74) is 8.28. The molecule has 2 N–H and O–H groups in total. The van der Waals surface area contributed by atoms with E-state index in [4.69, 9.17) is 5.73 Å². The van der Waals surface area contributed by atoms with Gasteiger partial charge in [0.25, 0.3) is 0 Å².